The largest absolute Gasteiger partial charge is 0.372 e. The van der Waals surface area contributed by atoms with E-state index in [-0.39, 0.29) is 0 Å². The Kier molecular flexibility index (Phi) is 2.37. The number of hydrogen-bond acceptors (Lipinski definition) is 1. The van der Waals surface area contributed by atoms with Crippen LogP contribution in [0.2, 0.25) is 5.31 Å². The zero-order chi connectivity index (χ0) is 5.91. The Bertz CT molecular complexity index is 46.0. The van der Waals surface area contributed by atoms with Gasteiger partial charge in [0.05, 0.1) is 0 Å². The highest BCUT2D eigenvalue weighted by atomic mass is 14.4. The summed E-state index contributed by atoms with van der Waals surface area (Å²) in [4.78, 5) is 0. The van der Waals surface area contributed by atoms with E-state index in [2.05, 4.69) is 20.8 Å². The summed E-state index contributed by atoms with van der Waals surface area (Å²) in [6.45, 7) is 6.51. The molecule has 0 fully saturated rings. The smallest absolute Gasteiger partial charge is 0.204 e. The second-order valence-electron chi connectivity index (χ2n) is 2.72. The van der Waals surface area contributed by atoms with Gasteiger partial charge in [-0.25, -0.2) is 0 Å². The van der Waals surface area contributed by atoms with Crippen molar-refractivity contribution in [2.75, 3.05) is 0 Å². The Labute approximate surface area is 46.5 Å². The third-order valence-corrected chi connectivity index (χ3v) is 1.51. The number of nitrogens with two attached hydrogens (primary N) is 1. The Morgan fingerprint density at radius 2 is 2.00 bits per heavy atom. The van der Waals surface area contributed by atoms with Crippen LogP contribution in [-0.4, -0.2) is 7.41 Å². The fraction of sp³-hybridized carbons (Fsp3) is 1.00. The third-order valence-electron chi connectivity index (χ3n) is 1.51. The van der Waals surface area contributed by atoms with Gasteiger partial charge in [-0.3, -0.25) is 0 Å². The standard InChI is InChI=1S/C5H14BN/c1-4-5(2,3)6-7/h6H,4,7H2,1-3H3. The molecule has 0 aliphatic carbocycles. The topological polar surface area (TPSA) is 26.0 Å². The Balaban J connectivity index is 3.36. The van der Waals surface area contributed by atoms with Crippen molar-refractivity contribution in [2.24, 2.45) is 5.64 Å². The van der Waals surface area contributed by atoms with Gasteiger partial charge < -0.3 is 5.64 Å². The lowest BCUT2D eigenvalue weighted by Crippen LogP contribution is -2.20. The quantitative estimate of drug-likeness (QED) is 0.511. The van der Waals surface area contributed by atoms with Gasteiger partial charge in [-0.15, -0.1) is 0 Å². The summed E-state index contributed by atoms with van der Waals surface area (Å²) < 4.78 is 0. The first-order valence-corrected chi connectivity index (χ1v) is 2.82. The minimum absolute atomic E-state index is 0.361. The summed E-state index contributed by atoms with van der Waals surface area (Å²) in [6, 6.07) is 0. The van der Waals surface area contributed by atoms with Crippen LogP contribution in [0.3, 0.4) is 0 Å². The Hall–Kier alpha value is 0.0249. The maximum atomic E-state index is 5.42. The highest BCUT2D eigenvalue weighted by Gasteiger charge is 2.12. The van der Waals surface area contributed by atoms with E-state index in [0.717, 1.165) is 7.41 Å². The summed E-state index contributed by atoms with van der Waals surface area (Å²) >= 11 is 0. The third kappa shape index (κ3) is 2.69. The van der Waals surface area contributed by atoms with Crippen molar-refractivity contribution in [3.8, 4) is 0 Å². The fourth-order valence-corrected chi connectivity index (χ4v) is 0.144. The summed E-state index contributed by atoms with van der Waals surface area (Å²) in [5.74, 6) is 0. The van der Waals surface area contributed by atoms with E-state index in [1.807, 2.05) is 0 Å². The number of rotatable bonds is 2. The molecule has 0 aliphatic heterocycles. The molecular formula is C5H14BN. The molecule has 2 heteroatoms. The van der Waals surface area contributed by atoms with Gasteiger partial charge in [0, 0.05) is 0 Å². The van der Waals surface area contributed by atoms with E-state index >= 15 is 0 Å². The molecule has 0 atom stereocenters. The summed E-state index contributed by atoms with van der Waals surface area (Å²) in [6.07, 6.45) is 1.17. The molecular weight excluding hydrogens is 84.9 g/mol. The molecule has 0 saturated heterocycles. The highest BCUT2D eigenvalue weighted by Crippen LogP contribution is 2.23. The van der Waals surface area contributed by atoms with Crippen LogP contribution >= 0.6 is 0 Å². The maximum absolute atomic E-state index is 5.42. The van der Waals surface area contributed by atoms with Crippen LogP contribution in [0.15, 0.2) is 0 Å². The molecule has 2 N–H and O–H groups in total. The van der Waals surface area contributed by atoms with Gasteiger partial charge in [0.15, 0.2) is 0 Å². The molecule has 0 aromatic rings. The van der Waals surface area contributed by atoms with E-state index in [1.54, 1.807) is 0 Å². The zero-order valence-electron chi connectivity index (χ0n) is 5.49. The molecule has 0 heterocycles. The second-order valence-corrected chi connectivity index (χ2v) is 2.72. The SMILES string of the molecule is CCC(C)(C)BN. The van der Waals surface area contributed by atoms with Crippen LogP contribution in [0.5, 0.6) is 0 Å². The monoisotopic (exact) mass is 99.1 g/mol. The van der Waals surface area contributed by atoms with Gasteiger partial charge in [0.2, 0.25) is 7.41 Å². The van der Waals surface area contributed by atoms with Crippen molar-refractivity contribution in [1.29, 1.82) is 0 Å². The van der Waals surface area contributed by atoms with Crippen LogP contribution in [-0.2, 0) is 0 Å². The summed E-state index contributed by atoms with van der Waals surface area (Å²) in [5.41, 5.74) is 5.42. The van der Waals surface area contributed by atoms with Gasteiger partial charge in [-0.1, -0.05) is 27.2 Å². The normalized spacial score (nSPS) is 11.4. The maximum Gasteiger partial charge on any atom is 0.204 e. The van der Waals surface area contributed by atoms with Crippen LogP contribution in [0, 0.1) is 0 Å². The van der Waals surface area contributed by atoms with Crippen LogP contribution in [0.4, 0.5) is 0 Å². The molecule has 0 saturated carbocycles. The first-order chi connectivity index (χ1) is 3.12. The highest BCUT2D eigenvalue weighted by molar-refractivity contribution is 6.35. The Morgan fingerprint density at radius 1 is 1.57 bits per heavy atom. The van der Waals surface area contributed by atoms with Gasteiger partial charge in [-0.2, -0.15) is 0 Å². The fourth-order valence-electron chi connectivity index (χ4n) is 0.144. The van der Waals surface area contributed by atoms with Crippen LogP contribution in [0.1, 0.15) is 27.2 Å². The van der Waals surface area contributed by atoms with Crippen molar-refractivity contribution in [3.63, 3.8) is 0 Å². The molecule has 0 aromatic carbocycles. The van der Waals surface area contributed by atoms with Crippen molar-refractivity contribution in [3.05, 3.63) is 0 Å². The van der Waals surface area contributed by atoms with Crippen molar-refractivity contribution >= 4 is 7.41 Å². The van der Waals surface area contributed by atoms with Crippen LogP contribution < -0.4 is 5.64 Å². The lowest BCUT2D eigenvalue weighted by molar-refractivity contribution is 0.642. The molecule has 0 aromatic heterocycles. The minimum Gasteiger partial charge on any atom is -0.372 e. The lowest BCUT2D eigenvalue weighted by Gasteiger charge is -2.16. The molecule has 1 nitrogen and oxygen atoms in total. The first kappa shape index (κ1) is 7.02. The average molecular weight is 99.0 g/mol. The first-order valence-electron chi connectivity index (χ1n) is 2.82. The van der Waals surface area contributed by atoms with E-state index in [1.165, 1.54) is 6.42 Å². The second kappa shape index (κ2) is 2.36. The lowest BCUT2D eigenvalue weighted by atomic mass is 9.62. The van der Waals surface area contributed by atoms with Gasteiger partial charge >= 0.3 is 0 Å². The summed E-state index contributed by atoms with van der Waals surface area (Å²) in [5, 5.41) is 0.361. The van der Waals surface area contributed by atoms with Crippen molar-refractivity contribution in [2.45, 2.75) is 32.5 Å². The zero-order valence-corrected chi connectivity index (χ0v) is 5.49. The molecule has 0 spiro atoms. The van der Waals surface area contributed by atoms with E-state index < -0.39 is 0 Å². The molecule has 0 radical (unpaired) electrons. The van der Waals surface area contributed by atoms with Crippen LogP contribution in [0.25, 0.3) is 0 Å². The average Bonchev–Trinajstić information content (AvgIpc) is 1.68. The van der Waals surface area contributed by atoms with Gasteiger partial charge in [0.1, 0.15) is 0 Å². The van der Waals surface area contributed by atoms with Gasteiger partial charge in [0.25, 0.3) is 0 Å². The molecule has 0 amide bonds. The van der Waals surface area contributed by atoms with E-state index in [4.69, 9.17) is 5.64 Å². The predicted molar refractivity (Wildman–Crippen MR) is 35.7 cm³/mol. The molecule has 0 rings (SSSR count). The molecule has 7 heavy (non-hydrogen) atoms. The predicted octanol–water partition coefficient (Wildman–Crippen LogP) is 0.905. The minimum atomic E-state index is 0.361. The Morgan fingerprint density at radius 3 is 2.00 bits per heavy atom. The molecule has 0 unspecified atom stereocenters. The molecule has 0 bridgehead atoms. The van der Waals surface area contributed by atoms with E-state index in [9.17, 15) is 0 Å². The van der Waals surface area contributed by atoms with Crippen molar-refractivity contribution in [1.82, 2.24) is 0 Å². The number of hydrogen-bond donors (Lipinski definition) is 1. The van der Waals surface area contributed by atoms with E-state index in [0.29, 0.717) is 5.31 Å². The van der Waals surface area contributed by atoms with Crippen molar-refractivity contribution < 1.29 is 0 Å². The van der Waals surface area contributed by atoms with Gasteiger partial charge in [-0.05, 0) is 5.31 Å². The molecule has 42 valence electrons. The molecule has 0 aliphatic rings. The summed E-state index contributed by atoms with van der Waals surface area (Å²) in [7, 11) is 0.795.